The largest absolute Gasteiger partial charge is 0.393 e. The Kier molecular flexibility index (Phi) is 2.98. The highest BCUT2D eigenvalue weighted by atomic mass is 16.3. The number of hydrogen-bond acceptors (Lipinski definition) is 2. The fourth-order valence-corrected chi connectivity index (χ4v) is 5.65. The summed E-state index contributed by atoms with van der Waals surface area (Å²) in [6.07, 6.45) is 9.50. The van der Waals surface area contributed by atoms with Crippen molar-refractivity contribution in [2.45, 2.75) is 64.9 Å². The summed E-state index contributed by atoms with van der Waals surface area (Å²) in [7, 11) is 0. The molecule has 4 aliphatic rings. The maximum atomic E-state index is 12.0. The minimum absolute atomic E-state index is 0.0992. The van der Waals surface area contributed by atoms with Gasteiger partial charge in [-0.3, -0.25) is 4.79 Å². The number of carbonyl (C=O) groups is 1. The van der Waals surface area contributed by atoms with Gasteiger partial charge in [0.25, 0.3) is 0 Å². The molecular weight excluding hydrogens is 260 g/mol. The second-order valence-electron chi connectivity index (χ2n) is 8.03. The molecule has 21 heavy (non-hydrogen) atoms. The molecule has 0 aromatic rings. The van der Waals surface area contributed by atoms with Crippen LogP contribution in [0.5, 0.6) is 0 Å². The highest BCUT2D eigenvalue weighted by molar-refractivity contribution is 5.94. The zero-order chi connectivity index (χ0) is 14.8. The highest BCUT2D eigenvalue weighted by Crippen LogP contribution is 2.60. The Balaban J connectivity index is 1.75. The standard InChI is InChI=1S/C19H26O2/c1-11-9-15-12(10-17(11)20)3-4-14-13(15)7-8-19(2)16(14)5-6-18(19)21/h10-11,14,16,18,21H,3-9H2,1-2H3. The van der Waals surface area contributed by atoms with Crippen LogP contribution in [0.3, 0.4) is 0 Å². The number of carbonyl (C=O) groups excluding carboxylic acids is 1. The van der Waals surface area contributed by atoms with Crippen molar-refractivity contribution in [3.8, 4) is 0 Å². The Bertz CT molecular complexity index is 556. The van der Waals surface area contributed by atoms with Crippen molar-refractivity contribution in [1.82, 2.24) is 0 Å². The third-order valence-electron chi connectivity index (χ3n) is 7.04. The van der Waals surface area contributed by atoms with E-state index in [-0.39, 0.29) is 17.4 Å². The van der Waals surface area contributed by atoms with Gasteiger partial charge in [0, 0.05) is 5.92 Å². The lowest BCUT2D eigenvalue weighted by molar-refractivity contribution is -0.118. The molecule has 0 radical (unpaired) electrons. The lowest BCUT2D eigenvalue weighted by atomic mass is 9.57. The molecule has 0 bridgehead atoms. The van der Waals surface area contributed by atoms with Crippen molar-refractivity contribution in [1.29, 1.82) is 0 Å². The first-order chi connectivity index (χ1) is 10.0. The van der Waals surface area contributed by atoms with Gasteiger partial charge >= 0.3 is 0 Å². The Morgan fingerprint density at radius 3 is 2.86 bits per heavy atom. The topological polar surface area (TPSA) is 37.3 Å². The molecule has 0 aliphatic heterocycles. The molecular formula is C19H26O2. The van der Waals surface area contributed by atoms with Crippen molar-refractivity contribution in [2.24, 2.45) is 23.2 Å². The Morgan fingerprint density at radius 2 is 2.05 bits per heavy atom. The average molecular weight is 286 g/mol. The van der Waals surface area contributed by atoms with E-state index in [4.69, 9.17) is 0 Å². The first kappa shape index (κ1) is 13.8. The van der Waals surface area contributed by atoms with E-state index in [9.17, 15) is 9.90 Å². The average Bonchev–Trinajstić information content (AvgIpc) is 2.76. The van der Waals surface area contributed by atoms with Gasteiger partial charge < -0.3 is 5.11 Å². The molecule has 114 valence electrons. The summed E-state index contributed by atoms with van der Waals surface area (Å²) in [6, 6.07) is 0. The number of aliphatic hydroxyl groups excluding tert-OH is 1. The van der Waals surface area contributed by atoms with Crippen molar-refractivity contribution in [3.63, 3.8) is 0 Å². The fourth-order valence-electron chi connectivity index (χ4n) is 5.65. The van der Waals surface area contributed by atoms with Gasteiger partial charge in [0.2, 0.25) is 0 Å². The van der Waals surface area contributed by atoms with Gasteiger partial charge in [-0.15, -0.1) is 0 Å². The normalized spacial score (nSPS) is 45.9. The molecule has 0 saturated heterocycles. The quantitative estimate of drug-likeness (QED) is 0.735. The van der Waals surface area contributed by atoms with Crippen LogP contribution in [0.2, 0.25) is 0 Å². The molecule has 5 atom stereocenters. The van der Waals surface area contributed by atoms with Gasteiger partial charge in [0.15, 0.2) is 5.78 Å². The molecule has 4 rings (SSSR count). The number of allylic oxidation sites excluding steroid dienone is 4. The molecule has 0 spiro atoms. The van der Waals surface area contributed by atoms with Crippen LogP contribution >= 0.6 is 0 Å². The van der Waals surface area contributed by atoms with E-state index in [1.807, 2.05) is 6.08 Å². The van der Waals surface area contributed by atoms with E-state index in [0.717, 1.165) is 32.1 Å². The summed E-state index contributed by atoms with van der Waals surface area (Å²) in [4.78, 5) is 12.0. The molecule has 0 heterocycles. The molecule has 0 aromatic heterocycles. The van der Waals surface area contributed by atoms with Gasteiger partial charge in [-0.1, -0.05) is 19.4 Å². The fraction of sp³-hybridized carbons (Fsp3) is 0.737. The van der Waals surface area contributed by atoms with Crippen molar-refractivity contribution < 1.29 is 9.90 Å². The first-order valence-electron chi connectivity index (χ1n) is 8.65. The van der Waals surface area contributed by atoms with Crippen molar-refractivity contribution >= 4 is 5.78 Å². The number of hydrogen-bond donors (Lipinski definition) is 1. The second-order valence-corrected chi connectivity index (χ2v) is 8.03. The van der Waals surface area contributed by atoms with Crippen LogP contribution < -0.4 is 0 Å². The van der Waals surface area contributed by atoms with E-state index in [1.165, 1.54) is 24.0 Å². The zero-order valence-corrected chi connectivity index (χ0v) is 13.2. The van der Waals surface area contributed by atoms with Crippen LogP contribution in [0.1, 0.15) is 58.8 Å². The Morgan fingerprint density at radius 1 is 1.24 bits per heavy atom. The molecule has 1 N–H and O–H groups in total. The number of fused-ring (bicyclic) bond motifs is 4. The number of ketones is 1. The maximum absolute atomic E-state index is 12.0. The zero-order valence-electron chi connectivity index (χ0n) is 13.2. The number of aliphatic hydroxyl groups is 1. The predicted molar refractivity (Wildman–Crippen MR) is 82.7 cm³/mol. The van der Waals surface area contributed by atoms with Crippen molar-refractivity contribution in [3.05, 3.63) is 22.8 Å². The highest BCUT2D eigenvalue weighted by Gasteiger charge is 2.53. The van der Waals surface area contributed by atoms with Gasteiger partial charge in [0.1, 0.15) is 0 Å². The van der Waals surface area contributed by atoms with Crippen LogP contribution in [0.25, 0.3) is 0 Å². The molecule has 2 heteroatoms. The lowest BCUT2D eigenvalue weighted by Gasteiger charge is -2.48. The Hall–Kier alpha value is -0.890. The van der Waals surface area contributed by atoms with E-state index in [0.29, 0.717) is 17.6 Å². The van der Waals surface area contributed by atoms with E-state index in [1.54, 1.807) is 5.57 Å². The van der Waals surface area contributed by atoms with Gasteiger partial charge in [-0.05, 0) is 79.4 Å². The van der Waals surface area contributed by atoms with Gasteiger partial charge in [-0.25, -0.2) is 0 Å². The van der Waals surface area contributed by atoms with Gasteiger partial charge in [0.05, 0.1) is 6.10 Å². The molecule has 2 fully saturated rings. The second kappa shape index (κ2) is 4.55. The van der Waals surface area contributed by atoms with Crippen LogP contribution in [0, 0.1) is 23.2 Å². The van der Waals surface area contributed by atoms with Crippen molar-refractivity contribution in [2.75, 3.05) is 0 Å². The molecule has 0 amide bonds. The van der Waals surface area contributed by atoms with E-state index >= 15 is 0 Å². The van der Waals surface area contributed by atoms with Crippen LogP contribution in [-0.4, -0.2) is 17.0 Å². The monoisotopic (exact) mass is 286 g/mol. The van der Waals surface area contributed by atoms with Gasteiger partial charge in [-0.2, -0.15) is 0 Å². The molecule has 2 nitrogen and oxygen atoms in total. The maximum Gasteiger partial charge on any atom is 0.159 e. The summed E-state index contributed by atoms with van der Waals surface area (Å²) >= 11 is 0. The molecule has 2 saturated carbocycles. The van der Waals surface area contributed by atoms with Crippen LogP contribution in [-0.2, 0) is 4.79 Å². The Labute approximate surface area is 127 Å². The summed E-state index contributed by atoms with van der Waals surface area (Å²) in [5.41, 5.74) is 4.67. The SMILES string of the molecule is CC1CC2=C3CCC4(C)C(O)CCC4C3CCC2=CC1=O. The third-order valence-corrected chi connectivity index (χ3v) is 7.04. The third kappa shape index (κ3) is 1.84. The molecule has 0 aromatic carbocycles. The predicted octanol–water partition coefficient (Wildman–Crippen LogP) is 3.80. The van der Waals surface area contributed by atoms with E-state index < -0.39 is 0 Å². The smallest absolute Gasteiger partial charge is 0.159 e. The van der Waals surface area contributed by atoms with Crippen LogP contribution in [0.4, 0.5) is 0 Å². The lowest BCUT2D eigenvalue weighted by Crippen LogP contribution is -2.42. The summed E-state index contributed by atoms with van der Waals surface area (Å²) in [5.74, 6) is 1.83. The van der Waals surface area contributed by atoms with Crippen LogP contribution in [0.15, 0.2) is 22.8 Å². The molecule has 4 aliphatic carbocycles. The molecule has 5 unspecified atom stereocenters. The number of rotatable bonds is 0. The van der Waals surface area contributed by atoms with E-state index in [2.05, 4.69) is 13.8 Å². The summed E-state index contributed by atoms with van der Waals surface area (Å²) in [5, 5.41) is 10.4. The minimum atomic E-state index is -0.0992. The summed E-state index contributed by atoms with van der Waals surface area (Å²) in [6.45, 7) is 4.38. The summed E-state index contributed by atoms with van der Waals surface area (Å²) < 4.78 is 0. The minimum Gasteiger partial charge on any atom is -0.393 e. The first-order valence-corrected chi connectivity index (χ1v) is 8.65.